The van der Waals surface area contributed by atoms with E-state index in [1.807, 2.05) is 23.1 Å². The molecule has 3 N–H and O–H groups in total. The van der Waals surface area contributed by atoms with Crippen molar-refractivity contribution in [3.63, 3.8) is 0 Å². The van der Waals surface area contributed by atoms with Crippen LogP contribution in [0.3, 0.4) is 0 Å². The number of hydrogen-bond acceptors (Lipinski definition) is 4. The molecular formula is C16H20N4O. The molecule has 0 aliphatic carbocycles. The van der Waals surface area contributed by atoms with Gasteiger partial charge in [0, 0.05) is 60.6 Å². The Labute approximate surface area is 124 Å². The van der Waals surface area contributed by atoms with Crippen LogP contribution in [0.5, 0.6) is 0 Å². The molecule has 5 nitrogen and oxygen atoms in total. The molecule has 21 heavy (non-hydrogen) atoms. The number of benzene rings is 1. The van der Waals surface area contributed by atoms with Crippen molar-refractivity contribution in [1.82, 2.24) is 9.88 Å². The summed E-state index contributed by atoms with van der Waals surface area (Å²) in [7, 11) is 0. The Kier molecular flexibility index (Phi) is 3.90. The molecule has 0 bridgehead atoms. The molecule has 1 saturated heterocycles. The van der Waals surface area contributed by atoms with Gasteiger partial charge in [-0.3, -0.25) is 9.78 Å². The van der Waals surface area contributed by atoms with E-state index in [4.69, 9.17) is 5.73 Å². The molecule has 0 atom stereocenters. The third kappa shape index (κ3) is 2.91. The van der Waals surface area contributed by atoms with Crippen LogP contribution in [0.1, 0.15) is 19.3 Å². The largest absolute Gasteiger partial charge is 0.398 e. The zero-order valence-electron chi connectivity index (χ0n) is 12.0. The standard InChI is InChI=1S/C16H20N4O/c17-14-3-4-15(12-5-7-18-11-13(12)14)19-8-6-16(21)20-9-1-2-10-20/h3-5,7,11,19H,1-2,6,8-10,17H2. The first-order valence-electron chi connectivity index (χ1n) is 7.39. The van der Waals surface area contributed by atoms with Crippen molar-refractivity contribution in [3.05, 3.63) is 30.6 Å². The van der Waals surface area contributed by atoms with Gasteiger partial charge >= 0.3 is 0 Å². The van der Waals surface area contributed by atoms with Gasteiger partial charge in [0.25, 0.3) is 0 Å². The maximum Gasteiger partial charge on any atom is 0.224 e. The second-order valence-corrected chi connectivity index (χ2v) is 5.39. The van der Waals surface area contributed by atoms with Crippen molar-refractivity contribution in [2.24, 2.45) is 0 Å². The second-order valence-electron chi connectivity index (χ2n) is 5.39. The van der Waals surface area contributed by atoms with Crippen LogP contribution in [-0.2, 0) is 4.79 Å². The summed E-state index contributed by atoms with van der Waals surface area (Å²) < 4.78 is 0. The maximum atomic E-state index is 12.0. The number of amides is 1. The Morgan fingerprint density at radius 1 is 1.24 bits per heavy atom. The fourth-order valence-electron chi connectivity index (χ4n) is 2.79. The van der Waals surface area contributed by atoms with Crippen molar-refractivity contribution in [2.75, 3.05) is 30.7 Å². The number of pyridine rings is 1. The minimum absolute atomic E-state index is 0.237. The van der Waals surface area contributed by atoms with Gasteiger partial charge in [-0.1, -0.05) is 0 Å². The molecule has 0 saturated carbocycles. The van der Waals surface area contributed by atoms with E-state index in [1.165, 1.54) is 0 Å². The number of carbonyl (C=O) groups excluding carboxylic acids is 1. The maximum absolute atomic E-state index is 12.0. The molecule has 5 heteroatoms. The van der Waals surface area contributed by atoms with E-state index < -0.39 is 0 Å². The van der Waals surface area contributed by atoms with Crippen LogP contribution in [0.2, 0.25) is 0 Å². The first-order chi connectivity index (χ1) is 10.3. The topological polar surface area (TPSA) is 71.2 Å². The van der Waals surface area contributed by atoms with Gasteiger partial charge in [0.2, 0.25) is 5.91 Å². The van der Waals surface area contributed by atoms with Crippen LogP contribution < -0.4 is 11.1 Å². The molecule has 110 valence electrons. The monoisotopic (exact) mass is 284 g/mol. The van der Waals surface area contributed by atoms with Crippen LogP contribution in [0.15, 0.2) is 30.6 Å². The highest BCUT2D eigenvalue weighted by molar-refractivity contribution is 6.00. The number of nitrogen functional groups attached to an aromatic ring is 1. The van der Waals surface area contributed by atoms with Crippen LogP contribution in [0, 0.1) is 0 Å². The van der Waals surface area contributed by atoms with Gasteiger partial charge in [-0.2, -0.15) is 0 Å². The molecule has 1 amide bonds. The Morgan fingerprint density at radius 3 is 2.86 bits per heavy atom. The predicted molar refractivity (Wildman–Crippen MR) is 85.1 cm³/mol. The van der Waals surface area contributed by atoms with Gasteiger partial charge in [0.15, 0.2) is 0 Å². The Balaban J connectivity index is 1.65. The lowest BCUT2D eigenvalue weighted by molar-refractivity contribution is -0.129. The van der Waals surface area contributed by atoms with Crippen molar-refractivity contribution in [3.8, 4) is 0 Å². The lowest BCUT2D eigenvalue weighted by Crippen LogP contribution is -2.29. The number of carbonyl (C=O) groups is 1. The molecule has 1 fully saturated rings. The van der Waals surface area contributed by atoms with Crippen molar-refractivity contribution >= 4 is 28.1 Å². The number of anilines is 2. The van der Waals surface area contributed by atoms with Gasteiger partial charge in [-0.25, -0.2) is 0 Å². The first-order valence-corrected chi connectivity index (χ1v) is 7.39. The average Bonchev–Trinajstić information content (AvgIpc) is 3.04. The number of rotatable bonds is 4. The minimum atomic E-state index is 0.237. The van der Waals surface area contributed by atoms with E-state index in [9.17, 15) is 4.79 Å². The summed E-state index contributed by atoms with van der Waals surface area (Å²) in [6.07, 6.45) is 6.31. The van der Waals surface area contributed by atoms with E-state index in [-0.39, 0.29) is 5.91 Å². The normalized spacial score (nSPS) is 14.6. The number of nitrogens with two attached hydrogens (primary N) is 1. The molecule has 1 aliphatic rings. The highest BCUT2D eigenvalue weighted by atomic mass is 16.2. The number of fused-ring (bicyclic) bond motifs is 1. The summed E-state index contributed by atoms with van der Waals surface area (Å²) in [6.45, 7) is 2.46. The molecule has 2 heterocycles. The zero-order valence-corrected chi connectivity index (χ0v) is 12.0. The van der Waals surface area contributed by atoms with Gasteiger partial charge in [-0.05, 0) is 31.0 Å². The second kappa shape index (κ2) is 5.99. The van der Waals surface area contributed by atoms with E-state index in [1.54, 1.807) is 12.4 Å². The summed E-state index contributed by atoms with van der Waals surface area (Å²) in [5.74, 6) is 0.237. The lowest BCUT2D eigenvalue weighted by atomic mass is 10.1. The third-order valence-electron chi connectivity index (χ3n) is 3.96. The molecule has 3 rings (SSSR count). The Morgan fingerprint density at radius 2 is 2.05 bits per heavy atom. The number of likely N-dealkylation sites (tertiary alicyclic amines) is 1. The average molecular weight is 284 g/mol. The molecule has 1 aliphatic heterocycles. The van der Waals surface area contributed by atoms with Crippen molar-refractivity contribution in [2.45, 2.75) is 19.3 Å². The van der Waals surface area contributed by atoms with E-state index in [0.29, 0.717) is 13.0 Å². The number of aromatic nitrogens is 1. The van der Waals surface area contributed by atoms with Gasteiger partial charge < -0.3 is 16.0 Å². The first kappa shape index (κ1) is 13.7. The number of nitrogens with zero attached hydrogens (tertiary/aromatic N) is 2. The molecule has 0 unspecified atom stereocenters. The molecule has 0 radical (unpaired) electrons. The summed E-state index contributed by atoms with van der Waals surface area (Å²) >= 11 is 0. The summed E-state index contributed by atoms with van der Waals surface area (Å²) in [5.41, 5.74) is 7.67. The summed E-state index contributed by atoms with van der Waals surface area (Å²) in [5, 5.41) is 5.32. The fraction of sp³-hybridized carbons (Fsp3) is 0.375. The van der Waals surface area contributed by atoms with E-state index in [0.717, 1.165) is 48.1 Å². The van der Waals surface area contributed by atoms with Crippen molar-refractivity contribution in [1.29, 1.82) is 0 Å². The summed E-state index contributed by atoms with van der Waals surface area (Å²) in [4.78, 5) is 18.1. The molecule has 1 aromatic carbocycles. The van der Waals surface area contributed by atoms with E-state index >= 15 is 0 Å². The van der Waals surface area contributed by atoms with Crippen LogP contribution in [0.4, 0.5) is 11.4 Å². The van der Waals surface area contributed by atoms with Gasteiger partial charge in [0.05, 0.1) is 0 Å². The number of nitrogens with one attached hydrogen (secondary N) is 1. The van der Waals surface area contributed by atoms with Crippen molar-refractivity contribution < 1.29 is 4.79 Å². The third-order valence-corrected chi connectivity index (χ3v) is 3.96. The summed E-state index contributed by atoms with van der Waals surface area (Å²) in [6, 6.07) is 5.77. The smallest absolute Gasteiger partial charge is 0.224 e. The van der Waals surface area contributed by atoms with Gasteiger partial charge in [-0.15, -0.1) is 0 Å². The minimum Gasteiger partial charge on any atom is -0.398 e. The highest BCUT2D eigenvalue weighted by Crippen LogP contribution is 2.27. The fourth-order valence-corrected chi connectivity index (χ4v) is 2.79. The molecule has 1 aromatic heterocycles. The Hall–Kier alpha value is -2.30. The van der Waals surface area contributed by atoms with Crippen LogP contribution in [-0.4, -0.2) is 35.4 Å². The zero-order chi connectivity index (χ0) is 14.7. The molecule has 2 aromatic rings. The number of hydrogen-bond donors (Lipinski definition) is 2. The van der Waals surface area contributed by atoms with Crippen LogP contribution in [0.25, 0.3) is 10.8 Å². The highest BCUT2D eigenvalue weighted by Gasteiger charge is 2.17. The Bertz CT molecular complexity index is 650. The lowest BCUT2D eigenvalue weighted by Gasteiger charge is -2.16. The van der Waals surface area contributed by atoms with E-state index in [2.05, 4.69) is 10.3 Å². The SMILES string of the molecule is Nc1ccc(NCCC(=O)N2CCCC2)c2ccncc12. The predicted octanol–water partition coefficient (Wildman–Crippen LogP) is 2.24. The molecular weight excluding hydrogens is 264 g/mol. The van der Waals surface area contributed by atoms with Gasteiger partial charge in [0.1, 0.15) is 0 Å². The quantitative estimate of drug-likeness (QED) is 0.845. The molecule has 0 spiro atoms. The van der Waals surface area contributed by atoms with Crippen LogP contribution >= 0.6 is 0 Å².